The van der Waals surface area contributed by atoms with Crippen LogP contribution in [0.25, 0.3) is 16.9 Å². The van der Waals surface area contributed by atoms with E-state index in [0.29, 0.717) is 6.54 Å². The molecule has 8 heteroatoms. The molecule has 2 aromatic carbocycles. The Morgan fingerprint density at radius 1 is 0.971 bits per heavy atom. The Labute approximate surface area is 207 Å². The number of hydrogen-bond acceptors (Lipinski definition) is 5. The number of hydrogen-bond donors (Lipinski definition) is 1. The Hall–Kier alpha value is -3.88. The van der Waals surface area contributed by atoms with E-state index in [2.05, 4.69) is 15.4 Å². The summed E-state index contributed by atoms with van der Waals surface area (Å²) in [5, 5.41) is 8.04. The molecule has 0 aliphatic heterocycles. The molecule has 0 aliphatic rings. The normalized spacial score (nSPS) is 12.2. The van der Waals surface area contributed by atoms with Gasteiger partial charge in [0.15, 0.2) is 5.65 Å². The monoisotopic (exact) mass is 482 g/mol. The molecule has 1 unspecified atom stereocenters. The zero-order valence-corrected chi connectivity index (χ0v) is 20.4. The molecule has 5 rings (SSSR count). The predicted octanol–water partition coefficient (Wildman–Crippen LogP) is 5.04. The van der Waals surface area contributed by atoms with E-state index in [-0.39, 0.29) is 0 Å². The largest absolute Gasteiger partial charge is 0.340 e. The SMILES string of the molecule is Cc1cc2nc(-c3ccccc3)cc(Nc3ccc(S(=O)N(C)CCc4ccccn4)cc3)n2n1. The van der Waals surface area contributed by atoms with Crippen LogP contribution in [0.2, 0.25) is 0 Å². The van der Waals surface area contributed by atoms with Crippen LogP contribution in [-0.2, 0) is 17.4 Å². The van der Waals surface area contributed by atoms with Crippen molar-refractivity contribution in [2.45, 2.75) is 18.2 Å². The number of rotatable bonds is 8. The molecule has 3 heterocycles. The number of pyridine rings is 1. The van der Waals surface area contributed by atoms with E-state index < -0.39 is 11.0 Å². The summed E-state index contributed by atoms with van der Waals surface area (Å²) in [4.78, 5) is 9.86. The standard InChI is InChI=1S/C27H26N6OS/c1-20-18-26-30-25(21-8-4-3-5-9-21)19-27(33(26)31-20)29-23-11-13-24(14-12-23)35(34)32(2)17-15-22-10-6-7-16-28-22/h3-14,16,18-19,29H,15,17H2,1-2H3. The third-order valence-electron chi connectivity index (χ3n) is 5.64. The van der Waals surface area contributed by atoms with Gasteiger partial charge in [0.05, 0.1) is 16.3 Å². The van der Waals surface area contributed by atoms with Crippen molar-refractivity contribution in [2.24, 2.45) is 0 Å². The second-order valence-corrected chi connectivity index (χ2v) is 9.86. The Kier molecular flexibility index (Phi) is 6.65. The Bertz CT molecular complexity index is 1450. The Morgan fingerprint density at radius 3 is 2.49 bits per heavy atom. The third-order valence-corrected chi connectivity index (χ3v) is 7.06. The van der Waals surface area contributed by atoms with Gasteiger partial charge >= 0.3 is 0 Å². The zero-order valence-electron chi connectivity index (χ0n) is 19.6. The predicted molar refractivity (Wildman–Crippen MR) is 140 cm³/mol. The number of likely N-dealkylation sites (N-methyl/N-ethyl adjacent to an activating group) is 1. The molecular weight excluding hydrogens is 456 g/mol. The fourth-order valence-corrected chi connectivity index (χ4v) is 4.80. The zero-order chi connectivity index (χ0) is 24.2. The molecule has 176 valence electrons. The summed E-state index contributed by atoms with van der Waals surface area (Å²) in [6.45, 7) is 2.61. The molecule has 1 N–H and O–H groups in total. The average Bonchev–Trinajstić information content (AvgIpc) is 3.29. The molecule has 0 amide bonds. The van der Waals surface area contributed by atoms with Crippen LogP contribution < -0.4 is 5.32 Å². The number of benzene rings is 2. The van der Waals surface area contributed by atoms with Crippen molar-refractivity contribution >= 4 is 28.1 Å². The summed E-state index contributed by atoms with van der Waals surface area (Å²) < 4.78 is 16.6. The lowest BCUT2D eigenvalue weighted by Gasteiger charge is -2.16. The maximum atomic E-state index is 13.0. The first-order chi connectivity index (χ1) is 17.1. The molecule has 0 fully saturated rings. The van der Waals surface area contributed by atoms with Crippen LogP contribution in [0, 0.1) is 6.92 Å². The van der Waals surface area contributed by atoms with Gasteiger partial charge in [0.25, 0.3) is 0 Å². The highest BCUT2D eigenvalue weighted by atomic mass is 32.2. The van der Waals surface area contributed by atoms with Gasteiger partial charge in [0, 0.05) is 55.3 Å². The highest BCUT2D eigenvalue weighted by Crippen LogP contribution is 2.25. The number of nitrogens with zero attached hydrogens (tertiary/aromatic N) is 5. The number of fused-ring (bicyclic) bond motifs is 1. The molecule has 0 saturated carbocycles. The van der Waals surface area contributed by atoms with Crippen LogP contribution in [-0.4, -0.2) is 41.7 Å². The summed E-state index contributed by atoms with van der Waals surface area (Å²) >= 11 is 0. The van der Waals surface area contributed by atoms with Gasteiger partial charge in [-0.3, -0.25) is 4.98 Å². The fraction of sp³-hybridized carbons (Fsp3) is 0.148. The van der Waals surface area contributed by atoms with Crippen LogP contribution >= 0.6 is 0 Å². The summed E-state index contributed by atoms with van der Waals surface area (Å²) in [5.74, 6) is 0.809. The quantitative estimate of drug-likeness (QED) is 0.335. The Morgan fingerprint density at radius 2 is 1.74 bits per heavy atom. The van der Waals surface area contributed by atoms with E-state index in [9.17, 15) is 4.21 Å². The smallest absolute Gasteiger partial charge is 0.158 e. The summed E-state index contributed by atoms with van der Waals surface area (Å²) in [7, 11) is 0.611. The van der Waals surface area contributed by atoms with Crippen LogP contribution in [0.4, 0.5) is 11.5 Å². The van der Waals surface area contributed by atoms with E-state index >= 15 is 0 Å². The molecule has 0 saturated heterocycles. The molecule has 5 aromatic rings. The second-order valence-electron chi connectivity index (χ2n) is 8.27. The summed E-state index contributed by atoms with van der Waals surface area (Å²) in [5.41, 5.74) is 5.44. The van der Waals surface area contributed by atoms with E-state index in [1.165, 1.54) is 0 Å². The van der Waals surface area contributed by atoms with Gasteiger partial charge in [-0.05, 0) is 43.3 Å². The first kappa shape index (κ1) is 22.9. The van der Waals surface area contributed by atoms with Gasteiger partial charge < -0.3 is 5.32 Å². The summed E-state index contributed by atoms with van der Waals surface area (Å²) in [6.07, 6.45) is 2.52. The van der Waals surface area contributed by atoms with Crippen molar-refractivity contribution in [1.29, 1.82) is 0 Å². The molecule has 1 atom stereocenters. The van der Waals surface area contributed by atoms with Crippen molar-refractivity contribution in [2.75, 3.05) is 18.9 Å². The molecule has 0 spiro atoms. The van der Waals surface area contributed by atoms with E-state index in [1.807, 2.05) is 103 Å². The topological polar surface area (TPSA) is 75.4 Å². The number of nitrogens with one attached hydrogen (secondary N) is 1. The van der Waals surface area contributed by atoms with Crippen LogP contribution in [0.1, 0.15) is 11.4 Å². The third kappa shape index (κ3) is 5.29. The maximum absolute atomic E-state index is 13.0. The molecule has 7 nitrogen and oxygen atoms in total. The van der Waals surface area contributed by atoms with Crippen molar-refractivity contribution in [3.63, 3.8) is 0 Å². The van der Waals surface area contributed by atoms with Gasteiger partial charge in [-0.25, -0.2) is 13.5 Å². The lowest BCUT2D eigenvalue weighted by molar-refractivity contribution is 0.523. The average molecular weight is 483 g/mol. The van der Waals surface area contributed by atoms with Gasteiger partial charge in [0.2, 0.25) is 0 Å². The highest BCUT2D eigenvalue weighted by Gasteiger charge is 2.13. The highest BCUT2D eigenvalue weighted by molar-refractivity contribution is 7.82. The van der Waals surface area contributed by atoms with Crippen molar-refractivity contribution in [1.82, 2.24) is 23.9 Å². The first-order valence-corrected chi connectivity index (χ1v) is 12.5. The molecule has 0 aliphatic carbocycles. The Balaban J connectivity index is 1.33. The molecule has 0 radical (unpaired) electrons. The van der Waals surface area contributed by atoms with E-state index in [1.54, 1.807) is 10.7 Å². The minimum atomic E-state index is -1.25. The van der Waals surface area contributed by atoms with Gasteiger partial charge in [-0.15, -0.1) is 0 Å². The van der Waals surface area contributed by atoms with E-state index in [0.717, 1.165) is 51.1 Å². The van der Waals surface area contributed by atoms with Crippen LogP contribution in [0.15, 0.2) is 96.0 Å². The van der Waals surface area contributed by atoms with Crippen LogP contribution in [0.5, 0.6) is 0 Å². The lowest BCUT2D eigenvalue weighted by atomic mass is 10.1. The van der Waals surface area contributed by atoms with Crippen molar-refractivity contribution in [3.8, 4) is 11.3 Å². The number of anilines is 2. The minimum absolute atomic E-state index is 0.652. The fourth-order valence-electron chi connectivity index (χ4n) is 3.82. The second kappa shape index (κ2) is 10.2. The summed E-state index contributed by atoms with van der Waals surface area (Å²) in [6, 6.07) is 27.5. The minimum Gasteiger partial charge on any atom is -0.340 e. The van der Waals surface area contributed by atoms with Crippen molar-refractivity contribution < 1.29 is 4.21 Å². The van der Waals surface area contributed by atoms with Crippen molar-refractivity contribution in [3.05, 3.63) is 103 Å². The maximum Gasteiger partial charge on any atom is 0.158 e. The van der Waals surface area contributed by atoms with Gasteiger partial charge in [0.1, 0.15) is 16.8 Å². The van der Waals surface area contributed by atoms with Crippen LogP contribution in [0.3, 0.4) is 0 Å². The van der Waals surface area contributed by atoms with Gasteiger partial charge in [-0.1, -0.05) is 36.4 Å². The lowest BCUT2D eigenvalue weighted by Crippen LogP contribution is -2.24. The van der Waals surface area contributed by atoms with E-state index in [4.69, 9.17) is 4.98 Å². The molecular formula is C27H26N6OS. The first-order valence-electron chi connectivity index (χ1n) is 11.4. The molecule has 0 bridgehead atoms. The number of aromatic nitrogens is 4. The molecule has 3 aromatic heterocycles. The van der Waals surface area contributed by atoms with Gasteiger partial charge in [-0.2, -0.15) is 9.61 Å². The number of aryl methyl sites for hydroxylation is 1. The molecule has 35 heavy (non-hydrogen) atoms.